The number of piperazine rings is 1. The summed E-state index contributed by atoms with van der Waals surface area (Å²) in [7, 11) is 0. The lowest BCUT2D eigenvalue weighted by atomic mass is 10.1. The number of amides is 1. The van der Waals surface area contributed by atoms with Crippen LogP contribution >= 0.6 is 11.6 Å². The number of nitro groups is 1. The molecule has 3 rings (SSSR count). The minimum Gasteiger partial charge on any atom is -0.367 e. The Morgan fingerprint density at radius 2 is 1.80 bits per heavy atom. The number of nitro benzene ring substituents is 1. The Bertz CT molecular complexity index is 823. The van der Waals surface area contributed by atoms with Crippen molar-refractivity contribution in [2.75, 3.05) is 31.1 Å². The molecule has 0 atom stereocenters. The second-order valence-corrected chi connectivity index (χ2v) is 6.06. The van der Waals surface area contributed by atoms with E-state index in [4.69, 9.17) is 11.6 Å². The monoisotopic (exact) mass is 363 g/mol. The molecule has 0 aliphatic carbocycles. The van der Waals surface area contributed by atoms with E-state index in [0.29, 0.717) is 36.9 Å². The van der Waals surface area contributed by atoms with Gasteiger partial charge in [0.15, 0.2) is 0 Å². The number of hydrogen-bond donors (Lipinski definition) is 0. The van der Waals surface area contributed by atoms with Crippen LogP contribution in [0.2, 0.25) is 5.02 Å². The summed E-state index contributed by atoms with van der Waals surface area (Å²) in [5.74, 6) is -0.874. The largest absolute Gasteiger partial charge is 0.367 e. The van der Waals surface area contributed by atoms with E-state index in [1.807, 2.05) is 4.90 Å². The first-order valence-corrected chi connectivity index (χ1v) is 8.08. The van der Waals surface area contributed by atoms with Gasteiger partial charge in [0, 0.05) is 38.3 Å². The summed E-state index contributed by atoms with van der Waals surface area (Å²) < 4.78 is 13.8. The van der Waals surface area contributed by atoms with Crippen LogP contribution in [-0.2, 0) is 0 Å². The molecule has 2 aromatic rings. The van der Waals surface area contributed by atoms with Crippen LogP contribution in [0.3, 0.4) is 0 Å². The van der Waals surface area contributed by atoms with E-state index in [9.17, 15) is 19.3 Å². The van der Waals surface area contributed by atoms with Gasteiger partial charge in [-0.3, -0.25) is 14.9 Å². The second kappa shape index (κ2) is 7.06. The fourth-order valence-corrected chi connectivity index (χ4v) is 3.12. The van der Waals surface area contributed by atoms with Crippen molar-refractivity contribution >= 4 is 28.9 Å². The fourth-order valence-electron chi connectivity index (χ4n) is 2.82. The molecule has 1 saturated heterocycles. The Morgan fingerprint density at radius 3 is 2.40 bits per heavy atom. The zero-order chi connectivity index (χ0) is 18.0. The molecule has 8 heteroatoms. The van der Waals surface area contributed by atoms with Crippen LogP contribution in [0.1, 0.15) is 10.4 Å². The number of nitrogens with zero attached hydrogens (tertiary/aromatic N) is 3. The van der Waals surface area contributed by atoms with Crippen molar-refractivity contribution in [3.05, 3.63) is 69.0 Å². The third-order valence-electron chi connectivity index (χ3n) is 4.15. The Hall–Kier alpha value is -2.67. The highest BCUT2D eigenvalue weighted by atomic mass is 35.5. The Morgan fingerprint density at radius 1 is 1.12 bits per heavy atom. The van der Waals surface area contributed by atoms with Crippen molar-refractivity contribution < 1.29 is 14.1 Å². The molecule has 1 fully saturated rings. The van der Waals surface area contributed by atoms with Crippen molar-refractivity contribution in [2.24, 2.45) is 0 Å². The fraction of sp³-hybridized carbons (Fsp3) is 0.235. The van der Waals surface area contributed by atoms with E-state index in [-0.39, 0.29) is 17.2 Å². The lowest BCUT2D eigenvalue weighted by molar-refractivity contribution is -0.384. The van der Waals surface area contributed by atoms with Gasteiger partial charge in [0.1, 0.15) is 5.82 Å². The van der Waals surface area contributed by atoms with Gasteiger partial charge in [-0.15, -0.1) is 0 Å². The van der Waals surface area contributed by atoms with E-state index < -0.39 is 10.7 Å². The van der Waals surface area contributed by atoms with E-state index in [1.54, 1.807) is 23.1 Å². The molecule has 25 heavy (non-hydrogen) atoms. The van der Waals surface area contributed by atoms with E-state index in [2.05, 4.69) is 0 Å². The molecule has 2 aromatic carbocycles. The van der Waals surface area contributed by atoms with E-state index in [1.165, 1.54) is 24.3 Å². The summed E-state index contributed by atoms with van der Waals surface area (Å²) in [5.41, 5.74) is 0.677. The lowest BCUT2D eigenvalue weighted by Gasteiger charge is -2.36. The van der Waals surface area contributed by atoms with Crippen molar-refractivity contribution in [3.8, 4) is 0 Å². The Kier molecular flexibility index (Phi) is 4.85. The topological polar surface area (TPSA) is 66.7 Å². The zero-order valence-electron chi connectivity index (χ0n) is 13.2. The van der Waals surface area contributed by atoms with Crippen LogP contribution in [0.5, 0.6) is 0 Å². The molecule has 1 aliphatic heterocycles. The first kappa shape index (κ1) is 17.2. The molecular formula is C17H15ClFN3O3. The summed E-state index contributed by atoms with van der Waals surface area (Å²) in [6, 6.07) is 10.2. The highest BCUT2D eigenvalue weighted by Crippen LogP contribution is 2.30. The maximum absolute atomic E-state index is 13.8. The minimum atomic E-state index is -0.534. The number of halogens is 2. The molecule has 0 unspecified atom stereocenters. The maximum atomic E-state index is 13.8. The van der Waals surface area contributed by atoms with Gasteiger partial charge in [0.25, 0.3) is 11.6 Å². The van der Waals surface area contributed by atoms with Gasteiger partial charge in [-0.1, -0.05) is 23.7 Å². The van der Waals surface area contributed by atoms with Crippen LogP contribution in [-0.4, -0.2) is 41.9 Å². The number of benzene rings is 2. The lowest BCUT2D eigenvalue weighted by Crippen LogP contribution is -2.49. The predicted octanol–water partition coefficient (Wildman–Crippen LogP) is 3.35. The van der Waals surface area contributed by atoms with Crippen LogP contribution in [0.4, 0.5) is 15.8 Å². The SMILES string of the molecule is O=C(c1ccccc1F)N1CCN(c2ccc([N+](=O)[O-])cc2Cl)CC1. The van der Waals surface area contributed by atoms with Gasteiger partial charge in [-0.25, -0.2) is 4.39 Å². The molecule has 130 valence electrons. The number of carbonyl (C=O) groups is 1. The maximum Gasteiger partial charge on any atom is 0.271 e. The highest BCUT2D eigenvalue weighted by molar-refractivity contribution is 6.33. The van der Waals surface area contributed by atoms with Crippen LogP contribution in [0.25, 0.3) is 0 Å². The number of carbonyl (C=O) groups excluding carboxylic acids is 1. The van der Waals surface area contributed by atoms with Gasteiger partial charge in [0.05, 0.1) is 21.2 Å². The molecule has 0 radical (unpaired) electrons. The molecular weight excluding hydrogens is 349 g/mol. The van der Waals surface area contributed by atoms with Gasteiger partial charge >= 0.3 is 0 Å². The van der Waals surface area contributed by atoms with Gasteiger partial charge < -0.3 is 9.80 Å². The van der Waals surface area contributed by atoms with Gasteiger partial charge in [-0.05, 0) is 18.2 Å². The predicted molar refractivity (Wildman–Crippen MR) is 92.6 cm³/mol. The molecule has 0 spiro atoms. The van der Waals surface area contributed by atoms with Gasteiger partial charge in [-0.2, -0.15) is 0 Å². The zero-order valence-corrected chi connectivity index (χ0v) is 13.9. The van der Waals surface area contributed by atoms with Crippen LogP contribution in [0.15, 0.2) is 42.5 Å². The molecule has 1 amide bonds. The summed E-state index contributed by atoms with van der Waals surface area (Å²) in [6.07, 6.45) is 0. The summed E-state index contributed by atoms with van der Waals surface area (Å²) in [5, 5.41) is 11.1. The molecule has 0 aromatic heterocycles. The smallest absolute Gasteiger partial charge is 0.271 e. The number of rotatable bonds is 3. The summed E-state index contributed by atoms with van der Waals surface area (Å²) in [4.78, 5) is 26.2. The Labute approximate surface area is 148 Å². The molecule has 0 bridgehead atoms. The third-order valence-corrected chi connectivity index (χ3v) is 4.46. The van der Waals surface area contributed by atoms with Gasteiger partial charge in [0.2, 0.25) is 0 Å². The highest BCUT2D eigenvalue weighted by Gasteiger charge is 2.25. The minimum absolute atomic E-state index is 0.0596. The third kappa shape index (κ3) is 3.56. The van der Waals surface area contributed by atoms with Crippen LogP contribution < -0.4 is 4.90 Å². The van der Waals surface area contributed by atoms with E-state index in [0.717, 1.165) is 0 Å². The molecule has 6 nitrogen and oxygen atoms in total. The summed E-state index contributed by atoms with van der Waals surface area (Å²) >= 11 is 6.15. The molecule has 1 heterocycles. The van der Waals surface area contributed by atoms with Crippen molar-refractivity contribution in [3.63, 3.8) is 0 Å². The molecule has 0 N–H and O–H groups in total. The standard InChI is InChI=1S/C17H15ClFN3O3/c18-14-11-12(22(24)25)5-6-16(14)20-7-9-21(10-8-20)17(23)13-3-1-2-4-15(13)19/h1-6,11H,7-10H2. The van der Waals surface area contributed by atoms with Crippen molar-refractivity contribution in [2.45, 2.75) is 0 Å². The second-order valence-electron chi connectivity index (χ2n) is 5.65. The number of hydrogen-bond acceptors (Lipinski definition) is 4. The number of anilines is 1. The van der Waals surface area contributed by atoms with Crippen molar-refractivity contribution in [1.82, 2.24) is 4.90 Å². The molecule has 1 aliphatic rings. The normalized spacial score (nSPS) is 14.5. The van der Waals surface area contributed by atoms with E-state index >= 15 is 0 Å². The van der Waals surface area contributed by atoms with Crippen LogP contribution in [0, 0.1) is 15.9 Å². The average molecular weight is 364 g/mol. The number of non-ortho nitro benzene ring substituents is 1. The average Bonchev–Trinajstić information content (AvgIpc) is 2.61. The summed E-state index contributed by atoms with van der Waals surface area (Å²) in [6.45, 7) is 1.86. The quantitative estimate of drug-likeness (QED) is 0.619. The molecule has 0 saturated carbocycles. The Balaban J connectivity index is 1.69. The first-order valence-electron chi connectivity index (χ1n) is 7.70. The first-order chi connectivity index (χ1) is 12.0. The van der Waals surface area contributed by atoms with Crippen molar-refractivity contribution in [1.29, 1.82) is 0 Å².